The van der Waals surface area contributed by atoms with Crippen molar-refractivity contribution in [1.82, 2.24) is 4.57 Å². The molecule has 0 spiro atoms. The minimum Gasteiger partial charge on any atom is -0.455 e. The van der Waals surface area contributed by atoms with E-state index in [4.69, 9.17) is 20.4 Å². The van der Waals surface area contributed by atoms with Gasteiger partial charge in [-0.3, -0.25) is 0 Å². The Morgan fingerprint density at radius 2 is 1.07 bits per heavy atom. The highest BCUT2D eigenvalue weighted by molar-refractivity contribution is 6.31. The van der Waals surface area contributed by atoms with Gasteiger partial charge in [-0.1, -0.05) is 84.4 Å². The van der Waals surface area contributed by atoms with Gasteiger partial charge in [0.05, 0.1) is 11.0 Å². The number of aromatic nitrogens is 1. The highest BCUT2D eigenvalue weighted by atomic mass is 35.5. The highest BCUT2D eigenvalue weighted by Gasteiger charge is 2.21. The number of hydrogen-bond acceptors (Lipinski definition) is 2. The summed E-state index contributed by atoms with van der Waals surface area (Å²) < 4.78 is 15.4. The Kier molecular flexibility index (Phi) is 4.38. The molecule has 0 aliphatic heterocycles. The molecule has 0 fully saturated rings. The SMILES string of the molecule is Clc1ccc2c(c1)oc1c(-c3cccc4c3oc3ccccc34)cc(-n3c4ccccc4c4ccccc43)cc12. The summed E-state index contributed by atoms with van der Waals surface area (Å²) in [6, 6.07) is 42.0. The van der Waals surface area contributed by atoms with Gasteiger partial charge in [0, 0.05) is 60.2 Å². The van der Waals surface area contributed by atoms with Gasteiger partial charge in [0.1, 0.15) is 22.3 Å². The average molecular weight is 534 g/mol. The van der Waals surface area contributed by atoms with Crippen molar-refractivity contribution < 1.29 is 8.83 Å². The summed E-state index contributed by atoms with van der Waals surface area (Å²) in [6.45, 7) is 0. The second kappa shape index (κ2) is 8.01. The van der Waals surface area contributed by atoms with Gasteiger partial charge in [-0.25, -0.2) is 0 Å². The molecule has 0 N–H and O–H groups in total. The summed E-state index contributed by atoms with van der Waals surface area (Å²) in [5.74, 6) is 0. The van der Waals surface area contributed by atoms with Crippen molar-refractivity contribution in [1.29, 1.82) is 0 Å². The van der Waals surface area contributed by atoms with Crippen LogP contribution in [0.1, 0.15) is 0 Å². The fourth-order valence-corrected chi connectivity index (χ4v) is 6.49. The van der Waals surface area contributed by atoms with Crippen molar-refractivity contribution >= 4 is 77.3 Å². The van der Waals surface area contributed by atoms with Gasteiger partial charge < -0.3 is 13.4 Å². The summed E-state index contributed by atoms with van der Waals surface area (Å²) in [5.41, 5.74) is 8.65. The molecule has 9 aromatic rings. The van der Waals surface area contributed by atoms with Gasteiger partial charge in [-0.2, -0.15) is 0 Å². The number of furan rings is 2. The lowest BCUT2D eigenvalue weighted by molar-refractivity contribution is 0.665. The number of fused-ring (bicyclic) bond motifs is 9. The molecule has 0 saturated carbocycles. The number of halogens is 1. The van der Waals surface area contributed by atoms with Gasteiger partial charge in [0.25, 0.3) is 0 Å². The van der Waals surface area contributed by atoms with E-state index in [2.05, 4.69) is 89.5 Å². The molecule has 0 aliphatic rings. The highest BCUT2D eigenvalue weighted by Crippen LogP contribution is 2.44. The first-order chi connectivity index (χ1) is 19.7. The van der Waals surface area contributed by atoms with Crippen molar-refractivity contribution in [2.45, 2.75) is 0 Å². The zero-order valence-electron chi connectivity index (χ0n) is 21.2. The van der Waals surface area contributed by atoms with Crippen molar-refractivity contribution in [3.63, 3.8) is 0 Å². The van der Waals surface area contributed by atoms with Crippen LogP contribution in [0, 0.1) is 0 Å². The van der Waals surface area contributed by atoms with Crippen LogP contribution < -0.4 is 0 Å². The van der Waals surface area contributed by atoms with E-state index >= 15 is 0 Å². The maximum absolute atomic E-state index is 6.55. The molecule has 0 amide bonds. The largest absolute Gasteiger partial charge is 0.455 e. The van der Waals surface area contributed by atoms with Crippen molar-refractivity contribution in [3.05, 3.63) is 126 Å². The van der Waals surface area contributed by atoms with Gasteiger partial charge >= 0.3 is 0 Å². The van der Waals surface area contributed by atoms with Crippen molar-refractivity contribution in [3.8, 4) is 16.8 Å². The molecule has 0 radical (unpaired) electrons. The molecule has 0 saturated heterocycles. The van der Waals surface area contributed by atoms with E-state index < -0.39 is 0 Å². The van der Waals surface area contributed by atoms with E-state index in [1.54, 1.807) is 0 Å². The van der Waals surface area contributed by atoms with Gasteiger partial charge in [-0.15, -0.1) is 0 Å². The first-order valence-electron chi connectivity index (χ1n) is 13.3. The molecule has 188 valence electrons. The molecule has 3 aromatic heterocycles. The quantitative estimate of drug-likeness (QED) is 0.221. The van der Waals surface area contributed by atoms with Crippen molar-refractivity contribution in [2.24, 2.45) is 0 Å². The molecule has 0 bridgehead atoms. The smallest absolute Gasteiger partial charge is 0.143 e. The van der Waals surface area contributed by atoms with Crippen LogP contribution in [-0.2, 0) is 0 Å². The number of nitrogens with zero attached hydrogens (tertiary/aromatic N) is 1. The molecule has 3 heterocycles. The van der Waals surface area contributed by atoms with Crippen LogP contribution in [0.2, 0.25) is 5.02 Å². The predicted molar refractivity (Wildman–Crippen MR) is 166 cm³/mol. The van der Waals surface area contributed by atoms with Crippen LogP contribution in [0.3, 0.4) is 0 Å². The maximum Gasteiger partial charge on any atom is 0.143 e. The number of hydrogen-bond donors (Lipinski definition) is 0. The lowest BCUT2D eigenvalue weighted by atomic mass is 9.99. The molecule has 40 heavy (non-hydrogen) atoms. The Labute approximate surface area is 233 Å². The lowest BCUT2D eigenvalue weighted by Gasteiger charge is -2.12. The van der Waals surface area contributed by atoms with E-state index in [0.717, 1.165) is 71.7 Å². The predicted octanol–water partition coefficient (Wildman–Crippen LogP) is 10.9. The summed E-state index contributed by atoms with van der Waals surface area (Å²) >= 11 is 6.39. The molecule has 6 aromatic carbocycles. The minimum absolute atomic E-state index is 0.648. The summed E-state index contributed by atoms with van der Waals surface area (Å²) in [6.07, 6.45) is 0. The fraction of sp³-hybridized carbons (Fsp3) is 0. The number of benzene rings is 6. The topological polar surface area (TPSA) is 31.2 Å². The van der Waals surface area contributed by atoms with Gasteiger partial charge in [-0.05, 0) is 42.5 Å². The third-order valence-corrected chi connectivity index (χ3v) is 8.29. The van der Waals surface area contributed by atoms with Crippen LogP contribution >= 0.6 is 11.6 Å². The third kappa shape index (κ3) is 2.95. The first kappa shape index (κ1) is 21.9. The Morgan fingerprint density at radius 1 is 0.450 bits per heavy atom. The van der Waals surface area contributed by atoms with Crippen LogP contribution in [0.4, 0.5) is 0 Å². The Morgan fingerprint density at radius 3 is 1.88 bits per heavy atom. The van der Waals surface area contributed by atoms with Crippen LogP contribution in [0.25, 0.3) is 82.5 Å². The molecule has 9 rings (SSSR count). The Hall–Kier alpha value is -4.99. The molecule has 0 unspecified atom stereocenters. The minimum atomic E-state index is 0.648. The fourth-order valence-electron chi connectivity index (χ4n) is 6.33. The van der Waals surface area contributed by atoms with Crippen LogP contribution in [-0.4, -0.2) is 4.57 Å². The van der Waals surface area contributed by atoms with Crippen LogP contribution in [0.5, 0.6) is 0 Å². The second-order valence-electron chi connectivity index (χ2n) is 10.3. The van der Waals surface area contributed by atoms with E-state index in [9.17, 15) is 0 Å². The van der Waals surface area contributed by atoms with E-state index in [0.29, 0.717) is 5.02 Å². The van der Waals surface area contributed by atoms with Gasteiger partial charge in [0.2, 0.25) is 0 Å². The molecular weight excluding hydrogens is 514 g/mol. The van der Waals surface area contributed by atoms with E-state index in [1.807, 2.05) is 36.4 Å². The van der Waals surface area contributed by atoms with Gasteiger partial charge in [0.15, 0.2) is 0 Å². The second-order valence-corrected chi connectivity index (χ2v) is 10.7. The summed E-state index contributed by atoms with van der Waals surface area (Å²) in [4.78, 5) is 0. The zero-order chi connectivity index (χ0) is 26.4. The van der Waals surface area contributed by atoms with Crippen molar-refractivity contribution in [2.75, 3.05) is 0 Å². The van der Waals surface area contributed by atoms with E-state index in [-0.39, 0.29) is 0 Å². The standard InChI is InChI=1S/C36H20ClNO2/c37-21-16-17-26-29-19-22(38-31-13-4-1-8-23(31)24-9-2-5-14-32(24)38)20-30(36(29)40-34(26)18-21)28-12-7-11-27-25-10-3-6-15-33(25)39-35(27)28/h1-20H. The number of para-hydroxylation sites is 4. The molecule has 0 atom stereocenters. The van der Waals surface area contributed by atoms with Crippen LogP contribution in [0.15, 0.2) is 130 Å². The summed E-state index contributed by atoms with van der Waals surface area (Å²) in [5, 5.41) is 7.35. The molecule has 4 heteroatoms. The number of rotatable bonds is 2. The molecule has 3 nitrogen and oxygen atoms in total. The monoisotopic (exact) mass is 533 g/mol. The normalized spacial score (nSPS) is 12.1. The first-order valence-corrected chi connectivity index (χ1v) is 13.7. The molecule has 0 aliphatic carbocycles. The lowest BCUT2D eigenvalue weighted by Crippen LogP contribution is -1.95. The third-order valence-electron chi connectivity index (χ3n) is 8.05. The average Bonchev–Trinajstić information content (AvgIpc) is 3.66. The Bertz CT molecular complexity index is 2400. The Balaban J connectivity index is 1.46. The maximum atomic E-state index is 6.55. The molecular formula is C36H20ClNO2. The summed E-state index contributed by atoms with van der Waals surface area (Å²) in [7, 11) is 0. The van der Waals surface area contributed by atoms with E-state index in [1.165, 1.54) is 10.8 Å². The zero-order valence-corrected chi connectivity index (χ0v) is 21.9.